The van der Waals surface area contributed by atoms with Gasteiger partial charge in [-0.2, -0.15) is 0 Å². The summed E-state index contributed by atoms with van der Waals surface area (Å²) in [5.41, 5.74) is -0.535. The molecule has 1 saturated heterocycles. The molecule has 3 rings (SSSR count). The lowest BCUT2D eigenvalue weighted by atomic mass is 9.84. The molecular formula is C16H18BrNO4. The first-order valence-corrected chi connectivity index (χ1v) is 7.97. The summed E-state index contributed by atoms with van der Waals surface area (Å²) in [7, 11) is 0. The number of hydrogen-bond donors (Lipinski definition) is 0. The van der Waals surface area contributed by atoms with Crippen LogP contribution in [0.3, 0.4) is 0 Å². The van der Waals surface area contributed by atoms with Crippen molar-refractivity contribution in [2.24, 2.45) is 0 Å². The summed E-state index contributed by atoms with van der Waals surface area (Å²) in [6, 6.07) is 5.38. The molecule has 0 saturated carbocycles. The second-order valence-electron chi connectivity index (χ2n) is 6.86. The number of fused-ring (bicyclic) bond motifs is 1. The van der Waals surface area contributed by atoms with Gasteiger partial charge in [0.25, 0.3) is 0 Å². The number of ether oxygens (including phenoxy) is 2. The highest BCUT2D eigenvalue weighted by molar-refractivity contribution is 9.10. The largest absolute Gasteiger partial charge is 0.482 e. The highest BCUT2D eigenvalue weighted by Crippen LogP contribution is 2.40. The fourth-order valence-corrected chi connectivity index (χ4v) is 3.09. The quantitative estimate of drug-likeness (QED) is 0.704. The zero-order chi connectivity index (χ0) is 16.1. The Bertz CT molecular complexity index is 644. The minimum absolute atomic E-state index is 0.0533. The Morgan fingerprint density at radius 1 is 1.36 bits per heavy atom. The minimum Gasteiger partial charge on any atom is -0.482 e. The molecule has 0 atom stereocenters. The van der Waals surface area contributed by atoms with E-state index in [9.17, 15) is 9.59 Å². The van der Waals surface area contributed by atoms with Crippen LogP contribution in [0.25, 0.3) is 0 Å². The van der Waals surface area contributed by atoms with Crippen LogP contribution in [-0.4, -0.2) is 41.1 Å². The van der Waals surface area contributed by atoms with E-state index in [0.717, 1.165) is 4.47 Å². The molecule has 1 fully saturated rings. The van der Waals surface area contributed by atoms with Crippen molar-refractivity contribution in [1.82, 2.24) is 4.90 Å². The molecule has 6 heteroatoms. The lowest BCUT2D eigenvalue weighted by Crippen LogP contribution is -2.68. The van der Waals surface area contributed by atoms with Crippen LogP contribution in [0.15, 0.2) is 22.7 Å². The number of amides is 1. The first-order chi connectivity index (χ1) is 10.2. The number of hydrogen-bond acceptors (Lipinski definition) is 4. The van der Waals surface area contributed by atoms with Crippen LogP contribution in [0.2, 0.25) is 0 Å². The standard InChI is InChI=1S/C16H18BrNO4/c1-15(2,3)22-14(20)18-8-16(9-18)7-12(19)11-5-4-10(17)6-13(11)21-16/h4-6H,7-9H2,1-3H3. The Hall–Kier alpha value is -1.56. The van der Waals surface area contributed by atoms with Gasteiger partial charge in [-0.3, -0.25) is 9.69 Å². The van der Waals surface area contributed by atoms with Crippen molar-refractivity contribution in [2.75, 3.05) is 13.1 Å². The molecule has 2 aliphatic rings. The van der Waals surface area contributed by atoms with Gasteiger partial charge >= 0.3 is 6.09 Å². The number of benzene rings is 1. The van der Waals surface area contributed by atoms with Crippen molar-refractivity contribution in [3.8, 4) is 5.75 Å². The first kappa shape index (κ1) is 15.3. The molecule has 0 bridgehead atoms. The summed E-state index contributed by atoms with van der Waals surface area (Å²) < 4.78 is 12.2. The van der Waals surface area contributed by atoms with E-state index in [1.807, 2.05) is 26.8 Å². The van der Waals surface area contributed by atoms with E-state index in [1.165, 1.54) is 0 Å². The topological polar surface area (TPSA) is 55.8 Å². The Kier molecular flexibility index (Phi) is 3.47. The van der Waals surface area contributed by atoms with Gasteiger partial charge in [0, 0.05) is 4.47 Å². The van der Waals surface area contributed by atoms with Gasteiger partial charge in [-0.1, -0.05) is 15.9 Å². The zero-order valence-electron chi connectivity index (χ0n) is 12.8. The molecule has 1 aromatic carbocycles. The number of Topliss-reactive ketones (excluding diaryl/α,β-unsaturated/α-hetero) is 1. The molecule has 0 aromatic heterocycles. The molecule has 5 nitrogen and oxygen atoms in total. The fourth-order valence-electron chi connectivity index (χ4n) is 2.75. The first-order valence-electron chi connectivity index (χ1n) is 7.17. The Morgan fingerprint density at radius 2 is 2.05 bits per heavy atom. The van der Waals surface area contributed by atoms with Gasteiger partial charge < -0.3 is 9.47 Å². The smallest absolute Gasteiger partial charge is 0.410 e. The maximum absolute atomic E-state index is 12.3. The molecule has 1 aromatic rings. The van der Waals surface area contributed by atoms with Gasteiger partial charge in [0.15, 0.2) is 11.4 Å². The highest BCUT2D eigenvalue weighted by Gasteiger charge is 2.52. The van der Waals surface area contributed by atoms with Gasteiger partial charge in [0.1, 0.15) is 11.4 Å². The van der Waals surface area contributed by atoms with Gasteiger partial charge in [0.05, 0.1) is 25.1 Å². The van der Waals surface area contributed by atoms with Crippen LogP contribution in [0.4, 0.5) is 4.79 Å². The second-order valence-corrected chi connectivity index (χ2v) is 7.78. The van der Waals surface area contributed by atoms with E-state index in [4.69, 9.17) is 9.47 Å². The minimum atomic E-state index is -0.609. The SMILES string of the molecule is CC(C)(C)OC(=O)N1CC2(CC(=O)c3ccc(Br)cc3O2)C1. The highest BCUT2D eigenvalue weighted by atomic mass is 79.9. The third-order valence-corrected chi connectivity index (χ3v) is 4.16. The van der Waals surface area contributed by atoms with Gasteiger partial charge in [-0.15, -0.1) is 0 Å². The van der Waals surface area contributed by atoms with Crippen molar-refractivity contribution in [2.45, 2.75) is 38.4 Å². The second kappa shape index (κ2) is 4.98. The molecule has 118 valence electrons. The molecule has 0 radical (unpaired) electrons. The Labute approximate surface area is 137 Å². The summed E-state index contributed by atoms with van der Waals surface area (Å²) in [6.45, 7) is 6.23. The van der Waals surface area contributed by atoms with Crippen molar-refractivity contribution in [3.63, 3.8) is 0 Å². The van der Waals surface area contributed by atoms with Gasteiger partial charge in [0.2, 0.25) is 0 Å². The molecule has 2 aliphatic heterocycles. The van der Waals surface area contributed by atoms with Crippen molar-refractivity contribution >= 4 is 27.8 Å². The number of carbonyl (C=O) groups excluding carboxylic acids is 2. The normalized spacial score (nSPS) is 19.3. The number of nitrogens with zero attached hydrogens (tertiary/aromatic N) is 1. The third-order valence-electron chi connectivity index (χ3n) is 3.66. The molecule has 0 N–H and O–H groups in total. The van der Waals surface area contributed by atoms with E-state index in [0.29, 0.717) is 30.8 Å². The van der Waals surface area contributed by atoms with Crippen LogP contribution in [-0.2, 0) is 4.74 Å². The average molecular weight is 368 g/mol. The van der Waals surface area contributed by atoms with Gasteiger partial charge in [-0.05, 0) is 39.0 Å². The van der Waals surface area contributed by atoms with Crippen LogP contribution in [0.5, 0.6) is 5.75 Å². The predicted molar refractivity (Wildman–Crippen MR) is 84.3 cm³/mol. The van der Waals surface area contributed by atoms with E-state index in [1.54, 1.807) is 17.0 Å². The van der Waals surface area contributed by atoms with Crippen molar-refractivity contribution < 1.29 is 19.1 Å². The number of rotatable bonds is 0. The van der Waals surface area contributed by atoms with Crippen LogP contribution < -0.4 is 4.74 Å². The Balaban J connectivity index is 1.71. The molecule has 1 amide bonds. The number of carbonyl (C=O) groups is 2. The molecule has 0 aliphatic carbocycles. The lowest BCUT2D eigenvalue weighted by molar-refractivity contribution is -0.0846. The Morgan fingerprint density at radius 3 is 2.68 bits per heavy atom. The molecular weight excluding hydrogens is 350 g/mol. The van der Waals surface area contributed by atoms with E-state index >= 15 is 0 Å². The summed E-state index contributed by atoms with van der Waals surface area (Å²) in [5, 5.41) is 0. The van der Waals surface area contributed by atoms with E-state index in [-0.39, 0.29) is 11.9 Å². The third kappa shape index (κ3) is 2.84. The molecule has 22 heavy (non-hydrogen) atoms. The van der Waals surface area contributed by atoms with Crippen molar-refractivity contribution in [1.29, 1.82) is 0 Å². The van der Waals surface area contributed by atoms with Gasteiger partial charge in [-0.25, -0.2) is 4.79 Å². The van der Waals surface area contributed by atoms with Crippen LogP contribution in [0.1, 0.15) is 37.6 Å². The number of likely N-dealkylation sites (tertiary alicyclic amines) is 1. The molecule has 0 unspecified atom stereocenters. The predicted octanol–water partition coefficient (Wildman–Crippen LogP) is 3.40. The molecule has 1 spiro atoms. The monoisotopic (exact) mass is 367 g/mol. The summed E-state index contributed by atoms with van der Waals surface area (Å²) in [6.07, 6.45) is -0.0739. The summed E-state index contributed by atoms with van der Waals surface area (Å²) in [4.78, 5) is 25.9. The lowest BCUT2D eigenvalue weighted by Gasteiger charge is -2.50. The average Bonchev–Trinajstić information content (AvgIpc) is 2.32. The van der Waals surface area contributed by atoms with Crippen molar-refractivity contribution in [3.05, 3.63) is 28.2 Å². The molecule has 2 heterocycles. The van der Waals surface area contributed by atoms with E-state index < -0.39 is 11.2 Å². The van der Waals surface area contributed by atoms with Crippen LogP contribution in [0, 0.1) is 0 Å². The van der Waals surface area contributed by atoms with Crippen LogP contribution >= 0.6 is 15.9 Å². The fraction of sp³-hybridized carbons (Fsp3) is 0.500. The summed E-state index contributed by atoms with van der Waals surface area (Å²) >= 11 is 3.38. The maximum atomic E-state index is 12.3. The zero-order valence-corrected chi connectivity index (χ0v) is 14.4. The van der Waals surface area contributed by atoms with E-state index in [2.05, 4.69) is 15.9 Å². The number of ketones is 1. The number of halogens is 1. The summed E-state index contributed by atoms with van der Waals surface area (Å²) in [5.74, 6) is 0.632. The maximum Gasteiger partial charge on any atom is 0.410 e.